The number of hydrogen-bond acceptors (Lipinski definition) is 4. The van der Waals surface area contributed by atoms with Crippen molar-refractivity contribution in [2.75, 3.05) is 0 Å². The molecule has 0 N–H and O–H groups in total. The Morgan fingerprint density at radius 2 is 1.78 bits per heavy atom. The molecular weight excluding hydrogens is 245 g/mol. The third-order valence-corrected chi connectivity index (χ3v) is 4.78. The zero-order valence-corrected chi connectivity index (χ0v) is 11.9. The molecule has 1 aromatic carbocycles. The van der Waals surface area contributed by atoms with Crippen molar-refractivity contribution in [1.82, 2.24) is 4.37 Å². The zero-order valence-electron chi connectivity index (χ0n) is 11.1. The molecule has 0 unspecified atom stereocenters. The zero-order chi connectivity index (χ0) is 13.0. The van der Waals surface area contributed by atoms with Crippen LogP contribution >= 0.6 is 11.5 Å². The predicted molar refractivity (Wildman–Crippen MR) is 75.3 cm³/mol. The van der Waals surface area contributed by atoms with Crippen molar-refractivity contribution in [2.45, 2.75) is 38.9 Å². The van der Waals surface area contributed by atoms with E-state index in [9.17, 15) is 0 Å². The van der Waals surface area contributed by atoms with E-state index < -0.39 is 0 Å². The van der Waals surface area contributed by atoms with Gasteiger partial charge < -0.3 is 9.31 Å². The fourth-order valence-corrected chi connectivity index (χ4v) is 2.84. The molecule has 3 nitrogen and oxygen atoms in total. The van der Waals surface area contributed by atoms with Crippen molar-refractivity contribution in [3.8, 4) is 0 Å². The van der Waals surface area contributed by atoms with Crippen LogP contribution in [0.4, 0.5) is 0 Å². The summed E-state index contributed by atoms with van der Waals surface area (Å²) in [7, 11) is -0.306. The maximum absolute atomic E-state index is 6.08. The molecule has 0 atom stereocenters. The molecule has 1 aromatic heterocycles. The highest BCUT2D eigenvalue weighted by atomic mass is 32.1. The first kappa shape index (κ1) is 12.1. The normalized spacial score (nSPS) is 21.7. The summed E-state index contributed by atoms with van der Waals surface area (Å²) in [5.74, 6) is 0. The lowest BCUT2D eigenvalue weighted by molar-refractivity contribution is 0.00578. The first-order valence-electron chi connectivity index (χ1n) is 6.10. The van der Waals surface area contributed by atoms with Crippen LogP contribution in [0.3, 0.4) is 0 Å². The molecule has 1 aliphatic rings. The smallest absolute Gasteiger partial charge is 0.399 e. The van der Waals surface area contributed by atoms with E-state index in [1.807, 2.05) is 12.3 Å². The van der Waals surface area contributed by atoms with E-state index in [1.54, 1.807) is 0 Å². The Morgan fingerprint density at radius 1 is 1.11 bits per heavy atom. The Morgan fingerprint density at radius 3 is 2.44 bits per heavy atom. The Labute approximate surface area is 111 Å². The van der Waals surface area contributed by atoms with Gasteiger partial charge >= 0.3 is 7.12 Å². The lowest BCUT2D eigenvalue weighted by Crippen LogP contribution is -2.41. The molecule has 94 valence electrons. The minimum atomic E-state index is -0.306. The molecule has 3 rings (SSSR count). The van der Waals surface area contributed by atoms with Gasteiger partial charge in [0.25, 0.3) is 0 Å². The quantitative estimate of drug-likeness (QED) is 0.739. The van der Waals surface area contributed by atoms with Crippen LogP contribution in [0.5, 0.6) is 0 Å². The second kappa shape index (κ2) is 3.79. The van der Waals surface area contributed by atoms with Gasteiger partial charge in [0.1, 0.15) is 0 Å². The van der Waals surface area contributed by atoms with Crippen molar-refractivity contribution in [2.24, 2.45) is 0 Å². The van der Waals surface area contributed by atoms with Gasteiger partial charge in [-0.3, -0.25) is 0 Å². The molecule has 0 bridgehead atoms. The van der Waals surface area contributed by atoms with Crippen molar-refractivity contribution < 1.29 is 9.31 Å². The Hall–Kier alpha value is -0.905. The molecule has 1 saturated heterocycles. The summed E-state index contributed by atoms with van der Waals surface area (Å²) in [6, 6.07) is 6.15. The van der Waals surface area contributed by atoms with E-state index in [-0.39, 0.29) is 18.3 Å². The number of nitrogens with zero attached hydrogens (tertiary/aromatic N) is 1. The van der Waals surface area contributed by atoms with Crippen LogP contribution in [0.1, 0.15) is 27.7 Å². The van der Waals surface area contributed by atoms with Crippen LogP contribution in [-0.2, 0) is 9.31 Å². The van der Waals surface area contributed by atoms with Crippen LogP contribution in [0.15, 0.2) is 24.4 Å². The average molecular weight is 261 g/mol. The van der Waals surface area contributed by atoms with Crippen molar-refractivity contribution in [1.29, 1.82) is 0 Å². The number of benzene rings is 1. The second-order valence-electron chi connectivity index (χ2n) is 5.68. The lowest BCUT2D eigenvalue weighted by Gasteiger charge is -2.32. The molecule has 0 spiro atoms. The monoisotopic (exact) mass is 261 g/mol. The largest absolute Gasteiger partial charge is 0.496 e. The van der Waals surface area contributed by atoms with E-state index in [4.69, 9.17) is 9.31 Å². The highest BCUT2D eigenvalue weighted by Crippen LogP contribution is 2.37. The summed E-state index contributed by atoms with van der Waals surface area (Å²) in [6.45, 7) is 8.28. The van der Waals surface area contributed by atoms with Gasteiger partial charge in [-0.25, -0.2) is 0 Å². The summed E-state index contributed by atoms with van der Waals surface area (Å²) >= 11 is 1.49. The first-order chi connectivity index (χ1) is 8.41. The maximum Gasteiger partial charge on any atom is 0.496 e. The molecule has 0 saturated carbocycles. The topological polar surface area (TPSA) is 31.4 Å². The highest BCUT2D eigenvalue weighted by Gasteiger charge is 2.52. The van der Waals surface area contributed by atoms with Gasteiger partial charge in [-0.2, -0.15) is 4.37 Å². The summed E-state index contributed by atoms with van der Waals surface area (Å²) in [6.07, 6.45) is 1.88. The molecule has 5 heteroatoms. The first-order valence-corrected chi connectivity index (χ1v) is 6.87. The molecular formula is C13H16BNO2S. The van der Waals surface area contributed by atoms with Gasteiger partial charge in [0, 0.05) is 17.0 Å². The molecule has 1 aliphatic heterocycles. The standard InChI is InChI=1S/C13H16BNO2S/c1-12(2)13(3,4)17-14(16-12)10-7-5-6-9-8-15-18-11(9)10/h5-8H,1-4H3. The van der Waals surface area contributed by atoms with E-state index >= 15 is 0 Å². The SMILES string of the molecule is CC1(C)OB(c2cccc3cnsc23)OC1(C)C. The Balaban J connectivity index is 2.05. The van der Waals surface area contributed by atoms with E-state index in [2.05, 4.69) is 44.2 Å². The van der Waals surface area contributed by atoms with Crippen LogP contribution in [-0.4, -0.2) is 22.7 Å². The fourth-order valence-electron chi connectivity index (χ4n) is 2.07. The third-order valence-electron chi connectivity index (χ3n) is 3.92. The lowest BCUT2D eigenvalue weighted by atomic mass is 9.79. The van der Waals surface area contributed by atoms with Crippen LogP contribution < -0.4 is 5.46 Å². The summed E-state index contributed by atoms with van der Waals surface area (Å²) in [5.41, 5.74) is 0.475. The molecule has 0 amide bonds. The van der Waals surface area contributed by atoms with Gasteiger partial charge in [0.05, 0.1) is 15.9 Å². The number of aromatic nitrogens is 1. The predicted octanol–water partition coefficient (Wildman–Crippen LogP) is 2.60. The summed E-state index contributed by atoms with van der Waals surface area (Å²) in [5, 5.41) is 1.15. The molecule has 18 heavy (non-hydrogen) atoms. The van der Waals surface area contributed by atoms with Gasteiger partial charge in [0.15, 0.2) is 0 Å². The number of fused-ring (bicyclic) bond motifs is 1. The van der Waals surface area contributed by atoms with Crippen molar-refractivity contribution in [3.63, 3.8) is 0 Å². The average Bonchev–Trinajstić information content (AvgIpc) is 2.81. The minimum Gasteiger partial charge on any atom is -0.399 e. The molecule has 2 aromatic rings. The van der Waals surface area contributed by atoms with Gasteiger partial charge in [-0.05, 0) is 39.2 Å². The van der Waals surface area contributed by atoms with E-state index in [0.29, 0.717) is 0 Å². The summed E-state index contributed by atoms with van der Waals surface area (Å²) in [4.78, 5) is 0. The molecule has 0 radical (unpaired) electrons. The Kier molecular flexibility index (Phi) is 2.56. The number of hydrogen-bond donors (Lipinski definition) is 0. The summed E-state index contributed by atoms with van der Waals surface area (Å²) < 4.78 is 17.6. The van der Waals surface area contributed by atoms with Crippen molar-refractivity contribution >= 4 is 34.2 Å². The minimum absolute atomic E-state index is 0.301. The van der Waals surface area contributed by atoms with Gasteiger partial charge in [-0.1, -0.05) is 18.2 Å². The van der Waals surface area contributed by atoms with Gasteiger partial charge in [0.2, 0.25) is 0 Å². The third kappa shape index (κ3) is 1.69. The molecule has 1 fully saturated rings. The van der Waals surface area contributed by atoms with Gasteiger partial charge in [-0.15, -0.1) is 0 Å². The van der Waals surface area contributed by atoms with Crippen LogP contribution in [0, 0.1) is 0 Å². The van der Waals surface area contributed by atoms with Crippen molar-refractivity contribution in [3.05, 3.63) is 24.4 Å². The van der Waals surface area contributed by atoms with Crippen LogP contribution in [0.25, 0.3) is 10.1 Å². The Bertz CT molecular complexity index is 577. The van der Waals surface area contributed by atoms with E-state index in [1.165, 1.54) is 11.5 Å². The highest BCUT2D eigenvalue weighted by molar-refractivity contribution is 7.15. The number of rotatable bonds is 1. The molecule has 0 aliphatic carbocycles. The maximum atomic E-state index is 6.08. The van der Waals surface area contributed by atoms with E-state index in [0.717, 1.165) is 15.5 Å². The second-order valence-corrected chi connectivity index (χ2v) is 6.48. The molecule has 2 heterocycles. The van der Waals surface area contributed by atoms with Crippen LogP contribution in [0.2, 0.25) is 0 Å². The fraction of sp³-hybridized carbons (Fsp3) is 0.462.